The molecule has 137 heavy (non-hydrogen) atoms. The number of thiophene rings is 2. The van der Waals surface area contributed by atoms with Crippen molar-refractivity contribution < 1.29 is 123 Å². The van der Waals surface area contributed by atoms with Crippen LogP contribution in [0.4, 0.5) is 22.0 Å². The largest absolute Gasteiger partial charge is 0.748 e. The Morgan fingerprint density at radius 1 is 0.533 bits per heavy atom. The van der Waals surface area contributed by atoms with Crippen LogP contribution in [-0.2, 0) is 84.1 Å². The minimum atomic E-state index is -6.02. The van der Waals surface area contributed by atoms with Crippen LogP contribution in [0.5, 0.6) is 11.5 Å². The fourth-order valence-electron chi connectivity index (χ4n) is 18.4. The number of hydrogen-bond acceptors (Lipinski definition) is 22. The molecule has 1 saturated heterocycles. The molecule has 13 aromatic rings. The summed E-state index contributed by atoms with van der Waals surface area (Å²) in [5, 5.41) is 10.5. The van der Waals surface area contributed by atoms with Gasteiger partial charge in [0.2, 0.25) is 6.10 Å². The molecule has 2 aromatic heterocycles. The van der Waals surface area contributed by atoms with Crippen molar-refractivity contribution in [2.75, 3.05) is 24.7 Å². The molecule has 0 radical (unpaired) electrons. The van der Waals surface area contributed by atoms with E-state index in [0.29, 0.717) is 39.1 Å². The van der Waals surface area contributed by atoms with Crippen molar-refractivity contribution in [3.63, 3.8) is 0 Å². The van der Waals surface area contributed by atoms with Crippen LogP contribution in [0, 0.1) is 64.7 Å². The van der Waals surface area contributed by atoms with Crippen LogP contribution in [0.25, 0.3) is 50.1 Å². The van der Waals surface area contributed by atoms with E-state index in [0.717, 1.165) is 55.3 Å². The molecule has 0 amide bonds. The third-order valence-corrected chi connectivity index (χ3v) is 38.6. The number of esters is 6. The first kappa shape index (κ1) is 105. The smallest absolute Gasteiger partial charge is 0.426 e. The maximum absolute atomic E-state index is 13.5. The first-order valence-electron chi connectivity index (χ1n) is 42.3. The van der Waals surface area contributed by atoms with Gasteiger partial charge in [-0.25, -0.2) is 34.8 Å². The van der Waals surface area contributed by atoms with Crippen LogP contribution in [0.15, 0.2) is 282 Å². The summed E-state index contributed by atoms with van der Waals surface area (Å²) in [4.78, 5) is 80.3. The molecule has 7 aliphatic rings. The van der Waals surface area contributed by atoms with Gasteiger partial charge in [-0.05, 0) is 328 Å². The lowest BCUT2D eigenvalue weighted by Crippen LogP contribution is -2.53. The van der Waals surface area contributed by atoms with Crippen LogP contribution in [0.1, 0.15) is 72.6 Å². The molecule has 0 spiro atoms. The van der Waals surface area contributed by atoms with E-state index in [1.807, 2.05) is 72.0 Å². The van der Waals surface area contributed by atoms with E-state index in [1.54, 1.807) is 51.2 Å². The van der Waals surface area contributed by atoms with Gasteiger partial charge in [0, 0.05) is 68.6 Å². The van der Waals surface area contributed by atoms with E-state index < -0.39 is 149 Å². The van der Waals surface area contributed by atoms with Crippen LogP contribution in [-0.4, -0.2) is 138 Å². The summed E-state index contributed by atoms with van der Waals surface area (Å²) in [5.74, 6) is -8.99. The molecular weight excluding hydrogens is 2580 g/mol. The molecule has 1 N–H and O–H groups in total. The van der Waals surface area contributed by atoms with E-state index in [4.69, 9.17) is 18.9 Å². The fraction of sp³-hybridized carbons (Fsp3) is 0.265. The van der Waals surface area contributed by atoms with Crippen molar-refractivity contribution in [1.82, 2.24) is 0 Å². The summed E-state index contributed by atoms with van der Waals surface area (Å²) in [7, 11) is -15.7. The Morgan fingerprint density at radius 2 is 0.956 bits per heavy atom. The molecule has 8 unspecified atom stereocenters. The molecule has 39 heteroatoms. The molecule has 3 heterocycles. The molecule has 11 aromatic carbocycles. The molecule has 718 valence electrons. The van der Waals surface area contributed by atoms with Crippen molar-refractivity contribution >= 4 is 274 Å². The van der Waals surface area contributed by atoms with Crippen LogP contribution >= 0.6 is 156 Å². The van der Waals surface area contributed by atoms with Crippen molar-refractivity contribution in [2.45, 2.75) is 100 Å². The SMILES string of the molecule is CC(I)C(=O)Oc1ccc([S+](c2ccccc2)c2ccccc2)cc1.O=C(OC(CS(=O)(=O)[O-])C(F)(F)F)c1cc(I)cc(I)c1O.O=C(OCCS(=O)(=O)[O-])c1cc(I)cc(I)c1I.O=C1OC2C3CC(C2OC(=O)C24CC5CC(CC(C5)C2)C4)C(C(=O)OCC(F)(F)S(=O)(=O)[O-])C13.c1ccc(-[s+]2c3ccccc3c3ccccc32)cc1.c1ccc(-[s+]2c3ccccc3c3ccccc32)cc1. The monoisotopic (exact) mass is 2660 g/mol. The lowest BCUT2D eigenvalue weighted by Gasteiger charge is -2.55. The Bertz CT molecular complexity index is 6680. The minimum Gasteiger partial charge on any atom is -0.748 e. The second-order valence-electron chi connectivity index (χ2n) is 33.0. The molecule has 8 atom stereocenters. The zero-order valence-electron chi connectivity index (χ0n) is 71.7. The molecular formula is C98H81F5I6O22S6. The van der Waals surface area contributed by atoms with Crippen LogP contribution in [0.2, 0.25) is 0 Å². The van der Waals surface area contributed by atoms with Gasteiger partial charge in [-0.3, -0.25) is 19.2 Å². The first-order chi connectivity index (χ1) is 64.9. The van der Waals surface area contributed by atoms with E-state index in [9.17, 15) is 94.7 Å². The zero-order valence-corrected chi connectivity index (χ0v) is 89.5. The number of carbonyl (C=O) groups excluding carboxylic acids is 6. The number of halogens is 11. The van der Waals surface area contributed by atoms with Crippen molar-refractivity contribution in [2.24, 2.45) is 46.8 Å². The number of rotatable bonds is 21. The number of carbonyl (C=O) groups is 6. The third kappa shape index (κ3) is 25.4. The summed E-state index contributed by atoms with van der Waals surface area (Å²) < 4.78 is 199. The topological polar surface area (TPSA) is 350 Å². The number of benzene rings is 11. The Labute approximate surface area is 875 Å². The Hall–Kier alpha value is -7.41. The summed E-state index contributed by atoms with van der Waals surface area (Å²) in [6, 6.07) is 91.7. The van der Waals surface area contributed by atoms with Gasteiger partial charge in [0.05, 0.1) is 69.0 Å². The maximum atomic E-state index is 13.5. The highest BCUT2D eigenvalue weighted by atomic mass is 127. The predicted octanol–water partition coefficient (Wildman–Crippen LogP) is 23.0. The van der Waals surface area contributed by atoms with E-state index in [1.165, 1.54) is 70.9 Å². The second kappa shape index (κ2) is 45.0. The van der Waals surface area contributed by atoms with Gasteiger partial charge in [-0.15, -0.1) is 0 Å². The van der Waals surface area contributed by atoms with Crippen LogP contribution < -0.4 is 4.74 Å². The molecule has 6 bridgehead atoms. The van der Waals surface area contributed by atoms with E-state index >= 15 is 0 Å². The number of aromatic hydroxyl groups is 1. The van der Waals surface area contributed by atoms with Crippen LogP contribution in [0.3, 0.4) is 0 Å². The standard InChI is InChI=1S/C22H26F2O9S.C21H18IO2S.2C18H13S.C10H7F3I2O6S.C9H7I3O5S/c23-22(24,34(28,29)30)8-31-18(25)14-12-4-13-15(14)19(26)32-16(13)17(12)33-20(27)21-5-9-1-10(6-21)3-11(2-9)7-21;1-16(22)21(23)24-17-12-14-20(15-13-17)25(18-8-4-2-5-9-18)19-10-6-3-7-11-19;2*1-2-8-14(9-3-1)19-17-12-6-4-10-15(17)16-11-5-7-13-18(16)19;11-10(12,13)7(3-22(18,19)20)21-9(17)5-1-4(14)2-6(15)8(5)16;10-5-3-6(8(12)7(11)4-5)9(13)17-1-2-18(14,15)16/h9-17H,1-8H2,(H,28,29,30);2-16H,1H3;2*1-13H;1-2,7,16H,3H2,(H,18,19,20);3-4H,1-2H2,(H,14,15,16)/q;3*+1;;/p-3. The quantitative estimate of drug-likeness (QED) is 0.00803. The predicted molar refractivity (Wildman–Crippen MR) is 558 cm³/mol. The fourth-order valence-corrected chi connectivity index (χ4v) is 30.8. The maximum Gasteiger partial charge on any atom is 0.426 e. The van der Waals surface area contributed by atoms with Gasteiger partial charge in [-0.1, -0.05) is 144 Å². The van der Waals surface area contributed by atoms with Gasteiger partial charge >= 0.3 is 47.2 Å². The van der Waals surface area contributed by atoms with Crippen molar-refractivity contribution in [1.29, 1.82) is 0 Å². The highest BCUT2D eigenvalue weighted by Gasteiger charge is 2.71. The molecule has 20 rings (SSSR count). The van der Waals surface area contributed by atoms with Gasteiger partial charge in [-0.2, -0.15) is 22.0 Å². The van der Waals surface area contributed by atoms with Crippen molar-refractivity contribution in [3.05, 3.63) is 296 Å². The average Bonchev–Trinajstić information content (AvgIpc) is 1.54. The minimum absolute atomic E-state index is 0.0594. The van der Waals surface area contributed by atoms with Gasteiger partial charge < -0.3 is 47.2 Å². The molecule has 22 nitrogen and oxygen atoms in total. The van der Waals surface area contributed by atoms with Gasteiger partial charge in [0.15, 0.2) is 60.0 Å². The number of ether oxygens (including phenoxy) is 6. The molecule has 1 aliphatic heterocycles. The van der Waals surface area contributed by atoms with Crippen molar-refractivity contribution in [3.8, 4) is 21.3 Å². The Morgan fingerprint density at radius 3 is 1.39 bits per heavy atom. The average molecular weight is 2660 g/mol. The van der Waals surface area contributed by atoms with Gasteiger partial charge in [0.1, 0.15) is 39.8 Å². The Kier molecular flexibility index (Phi) is 34.6. The molecule has 7 fully saturated rings. The van der Waals surface area contributed by atoms with E-state index in [2.05, 4.69) is 284 Å². The highest BCUT2D eigenvalue weighted by molar-refractivity contribution is 14.1. The lowest BCUT2D eigenvalue weighted by atomic mass is 9.49. The number of phenols is 1. The number of alkyl halides is 6. The molecule has 6 aliphatic carbocycles. The molecule has 6 saturated carbocycles. The zero-order chi connectivity index (χ0) is 98.4. The summed E-state index contributed by atoms with van der Waals surface area (Å²) in [5.41, 5.74) is -0.747. The summed E-state index contributed by atoms with van der Waals surface area (Å²) >= 11 is 11.6. The first-order valence-corrected chi connectivity index (χ1v) is 57.1. The summed E-state index contributed by atoms with van der Waals surface area (Å²) in [6.07, 6.45) is -3.85. The number of phenolic OH excluding ortho intramolecular Hbond substituents is 1. The third-order valence-electron chi connectivity index (χ3n) is 23.8. The Balaban J connectivity index is 0.000000134. The van der Waals surface area contributed by atoms with E-state index in [-0.39, 0.29) is 51.3 Å². The normalized spacial score (nSPS) is 20.4. The second-order valence-corrected chi connectivity index (χ2v) is 51.2. The summed E-state index contributed by atoms with van der Waals surface area (Å²) in [6.45, 7) is -0.545. The van der Waals surface area contributed by atoms with Gasteiger partial charge in [0.25, 0.3) is 0 Å². The number of fused-ring (bicyclic) bond motifs is 7. The highest BCUT2D eigenvalue weighted by Crippen LogP contribution is 2.63. The number of hydrogen-bond donors (Lipinski definition) is 1. The lowest BCUT2D eigenvalue weighted by molar-refractivity contribution is -0.197.